The van der Waals surface area contributed by atoms with E-state index in [4.69, 9.17) is 10.2 Å². The molecule has 90 valence electrons. The number of hydrogen-bond acceptors (Lipinski definition) is 3. The van der Waals surface area contributed by atoms with Crippen molar-refractivity contribution in [3.05, 3.63) is 12.2 Å². The number of carbonyl (C=O) groups is 2. The van der Waals surface area contributed by atoms with Crippen LogP contribution in [-0.2, 0) is 9.59 Å². The van der Waals surface area contributed by atoms with Gasteiger partial charge in [-0.15, -0.1) is 0 Å². The van der Waals surface area contributed by atoms with Gasteiger partial charge < -0.3 is 15.3 Å². The molecule has 0 aromatic rings. The van der Waals surface area contributed by atoms with E-state index in [0.717, 1.165) is 0 Å². The fraction of sp³-hybridized carbons (Fsp3) is 0.636. The topological polar surface area (TPSA) is 94.8 Å². The summed E-state index contributed by atoms with van der Waals surface area (Å²) in [5.74, 6) is -4.45. The molecule has 0 heterocycles. The number of aliphatic carboxylic acids is 2. The van der Waals surface area contributed by atoms with Crippen LogP contribution >= 0.6 is 0 Å². The van der Waals surface area contributed by atoms with Gasteiger partial charge in [-0.25, -0.2) is 0 Å². The zero-order chi connectivity index (χ0) is 12.3. The van der Waals surface area contributed by atoms with Crippen molar-refractivity contribution < 1.29 is 24.9 Å². The van der Waals surface area contributed by atoms with E-state index in [-0.39, 0.29) is 12.3 Å². The van der Waals surface area contributed by atoms with Crippen LogP contribution in [0.25, 0.3) is 0 Å². The van der Waals surface area contributed by atoms with Crippen molar-refractivity contribution in [3.63, 3.8) is 0 Å². The predicted molar refractivity (Wildman–Crippen MR) is 55.8 cm³/mol. The minimum Gasteiger partial charge on any atom is -0.481 e. The lowest BCUT2D eigenvalue weighted by Crippen LogP contribution is -2.35. The van der Waals surface area contributed by atoms with Crippen molar-refractivity contribution >= 4 is 11.9 Å². The molecule has 0 aromatic carbocycles. The number of hydrogen-bond donors (Lipinski definition) is 3. The molecule has 0 saturated carbocycles. The second-order valence-corrected chi connectivity index (χ2v) is 4.07. The molecule has 1 aliphatic rings. The maximum Gasteiger partial charge on any atom is 0.311 e. The molecule has 1 aliphatic carbocycles. The Morgan fingerprint density at radius 1 is 1.31 bits per heavy atom. The molecule has 0 aromatic heterocycles. The Morgan fingerprint density at radius 2 is 1.94 bits per heavy atom. The lowest BCUT2D eigenvalue weighted by atomic mass is 9.76. The van der Waals surface area contributed by atoms with Crippen molar-refractivity contribution in [3.8, 4) is 0 Å². The monoisotopic (exact) mass is 228 g/mol. The molecule has 0 radical (unpaired) electrons. The normalized spacial score (nSPS) is 31.0. The van der Waals surface area contributed by atoms with Crippen LogP contribution in [0, 0.1) is 17.8 Å². The second-order valence-electron chi connectivity index (χ2n) is 4.07. The Morgan fingerprint density at radius 3 is 2.38 bits per heavy atom. The molecule has 3 N–H and O–H groups in total. The lowest BCUT2D eigenvalue weighted by molar-refractivity contribution is -0.153. The van der Waals surface area contributed by atoms with Gasteiger partial charge in [-0.3, -0.25) is 9.59 Å². The highest BCUT2D eigenvalue weighted by Crippen LogP contribution is 2.31. The summed E-state index contributed by atoms with van der Waals surface area (Å²) in [5.41, 5.74) is 0. The average Bonchev–Trinajstić information content (AvgIpc) is 2.26. The van der Waals surface area contributed by atoms with Crippen LogP contribution in [0.4, 0.5) is 0 Å². The zero-order valence-electron chi connectivity index (χ0n) is 9.04. The van der Waals surface area contributed by atoms with Crippen LogP contribution in [0.15, 0.2) is 12.2 Å². The summed E-state index contributed by atoms with van der Waals surface area (Å²) in [4.78, 5) is 21.8. The number of aliphatic hydroxyl groups excluding tert-OH is 1. The predicted octanol–water partition coefficient (Wildman–Crippen LogP) is 0.735. The van der Waals surface area contributed by atoms with E-state index in [2.05, 4.69) is 0 Å². The third kappa shape index (κ3) is 2.61. The van der Waals surface area contributed by atoms with Crippen molar-refractivity contribution in [1.29, 1.82) is 0 Å². The van der Waals surface area contributed by atoms with Crippen molar-refractivity contribution in [2.24, 2.45) is 17.8 Å². The van der Waals surface area contributed by atoms with Gasteiger partial charge in [0.15, 0.2) is 0 Å². The van der Waals surface area contributed by atoms with Crippen LogP contribution in [0.3, 0.4) is 0 Å². The third-order valence-corrected chi connectivity index (χ3v) is 3.04. The number of rotatable bonds is 4. The Balaban J connectivity index is 2.86. The first-order valence-electron chi connectivity index (χ1n) is 5.29. The quantitative estimate of drug-likeness (QED) is 0.617. The molecule has 0 bridgehead atoms. The first-order chi connectivity index (χ1) is 7.47. The van der Waals surface area contributed by atoms with E-state index in [1.54, 1.807) is 13.0 Å². The van der Waals surface area contributed by atoms with Gasteiger partial charge in [-0.1, -0.05) is 19.1 Å². The van der Waals surface area contributed by atoms with Gasteiger partial charge in [0.2, 0.25) is 0 Å². The molecule has 5 nitrogen and oxygen atoms in total. The highest BCUT2D eigenvalue weighted by atomic mass is 16.4. The van der Waals surface area contributed by atoms with Gasteiger partial charge in [0.1, 0.15) is 0 Å². The van der Waals surface area contributed by atoms with Crippen LogP contribution in [0.2, 0.25) is 0 Å². The van der Waals surface area contributed by atoms with Gasteiger partial charge in [-0.05, 0) is 12.8 Å². The number of aliphatic hydroxyl groups is 1. The van der Waals surface area contributed by atoms with Crippen molar-refractivity contribution in [1.82, 2.24) is 0 Å². The summed E-state index contributed by atoms with van der Waals surface area (Å²) in [7, 11) is 0. The first kappa shape index (κ1) is 12.7. The SMILES string of the molecule is CCC(O)C1C=CC(C(=O)O)C(C(=O)O)C1. The van der Waals surface area contributed by atoms with Crippen LogP contribution in [0.1, 0.15) is 19.8 Å². The molecule has 0 fully saturated rings. The van der Waals surface area contributed by atoms with Gasteiger partial charge in [0, 0.05) is 5.92 Å². The third-order valence-electron chi connectivity index (χ3n) is 3.04. The lowest BCUT2D eigenvalue weighted by Gasteiger charge is -2.29. The highest BCUT2D eigenvalue weighted by molar-refractivity contribution is 5.81. The van der Waals surface area contributed by atoms with Gasteiger partial charge in [-0.2, -0.15) is 0 Å². The van der Waals surface area contributed by atoms with E-state index in [0.29, 0.717) is 6.42 Å². The van der Waals surface area contributed by atoms with Gasteiger partial charge in [0.05, 0.1) is 17.9 Å². The van der Waals surface area contributed by atoms with Crippen molar-refractivity contribution in [2.75, 3.05) is 0 Å². The molecular formula is C11H16O5. The van der Waals surface area contributed by atoms with Gasteiger partial charge >= 0.3 is 11.9 Å². The summed E-state index contributed by atoms with van der Waals surface area (Å²) >= 11 is 0. The largest absolute Gasteiger partial charge is 0.481 e. The Labute approximate surface area is 93.4 Å². The summed E-state index contributed by atoms with van der Waals surface area (Å²) in [6, 6.07) is 0. The van der Waals surface area contributed by atoms with Crippen LogP contribution < -0.4 is 0 Å². The first-order valence-corrected chi connectivity index (χ1v) is 5.29. The molecule has 4 atom stereocenters. The number of carboxylic acids is 2. The molecule has 16 heavy (non-hydrogen) atoms. The number of carboxylic acid groups (broad SMARTS) is 2. The zero-order valence-corrected chi connectivity index (χ0v) is 9.04. The second kappa shape index (κ2) is 5.12. The molecule has 0 amide bonds. The fourth-order valence-corrected chi connectivity index (χ4v) is 2.01. The average molecular weight is 228 g/mol. The minimum atomic E-state index is -1.13. The molecule has 5 heteroatoms. The van der Waals surface area contributed by atoms with Crippen LogP contribution in [-0.4, -0.2) is 33.4 Å². The van der Waals surface area contributed by atoms with E-state index in [1.807, 2.05) is 0 Å². The van der Waals surface area contributed by atoms with E-state index < -0.39 is 29.9 Å². The van der Waals surface area contributed by atoms with E-state index >= 15 is 0 Å². The smallest absolute Gasteiger partial charge is 0.311 e. The highest BCUT2D eigenvalue weighted by Gasteiger charge is 2.37. The van der Waals surface area contributed by atoms with E-state index in [1.165, 1.54) is 6.08 Å². The Kier molecular flexibility index (Phi) is 4.06. The standard InChI is InChI=1S/C11H16O5/c1-2-9(12)6-3-4-7(10(13)14)8(5-6)11(15)16/h3-4,6-9,12H,2,5H2,1H3,(H,13,14)(H,15,16). The molecule has 0 spiro atoms. The van der Waals surface area contributed by atoms with Crippen LogP contribution in [0.5, 0.6) is 0 Å². The van der Waals surface area contributed by atoms with Crippen molar-refractivity contribution in [2.45, 2.75) is 25.9 Å². The summed E-state index contributed by atoms with van der Waals surface area (Å²) in [5, 5.41) is 27.4. The van der Waals surface area contributed by atoms with E-state index in [9.17, 15) is 14.7 Å². The Hall–Kier alpha value is -1.36. The maximum atomic E-state index is 10.9. The molecule has 0 aliphatic heterocycles. The molecule has 0 saturated heterocycles. The summed E-state index contributed by atoms with van der Waals surface area (Å²) in [6.07, 6.45) is 3.10. The molecule has 1 rings (SSSR count). The summed E-state index contributed by atoms with van der Waals surface area (Å²) in [6.45, 7) is 1.80. The summed E-state index contributed by atoms with van der Waals surface area (Å²) < 4.78 is 0. The molecular weight excluding hydrogens is 212 g/mol. The molecule has 4 unspecified atom stereocenters. The fourth-order valence-electron chi connectivity index (χ4n) is 2.01. The van der Waals surface area contributed by atoms with Gasteiger partial charge in [0.25, 0.3) is 0 Å². The Bertz CT molecular complexity index is 309. The minimum absolute atomic E-state index is 0.178. The maximum absolute atomic E-state index is 10.9.